The van der Waals surface area contributed by atoms with E-state index in [1.54, 1.807) is 6.20 Å². The summed E-state index contributed by atoms with van der Waals surface area (Å²) < 4.78 is 2.01. The third-order valence-electron chi connectivity index (χ3n) is 3.44. The lowest BCUT2D eigenvalue weighted by molar-refractivity contribution is 0.0988. The van der Waals surface area contributed by atoms with Crippen LogP contribution in [0.1, 0.15) is 68.3 Å². The van der Waals surface area contributed by atoms with E-state index in [1.165, 1.54) is 38.5 Å². The van der Waals surface area contributed by atoms with Crippen LogP contribution in [0.2, 0.25) is 0 Å². The van der Waals surface area contributed by atoms with Crippen LogP contribution in [-0.4, -0.2) is 15.6 Å². The van der Waals surface area contributed by atoms with Gasteiger partial charge in [0.25, 0.3) is 0 Å². The minimum atomic E-state index is 0.194. The van der Waals surface area contributed by atoms with Crippen molar-refractivity contribution in [1.29, 1.82) is 0 Å². The first-order chi connectivity index (χ1) is 7.81. The van der Waals surface area contributed by atoms with Crippen molar-refractivity contribution in [3.63, 3.8) is 0 Å². The Hall–Kier alpha value is -1.12. The summed E-state index contributed by atoms with van der Waals surface area (Å²) in [6.07, 6.45) is 11.9. The maximum atomic E-state index is 11.5. The number of Topliss-reactive ketones (excluding diaryl/α,β-unsaturated/α-hetero) is 1. The van der Waals surface area contributed by atoms with Crippen molar-refractivity contribution in [2.75, 3.05) is 0 Å². The highest BCUT2D eigenvalue weighted by atomic mass is 16.1. The second-order valence-corrected chi connectivity index (χ2v) is 4.63. The van der Waals surface area contributed by atoms with Crippen molar-refractivity contribution in [2.24, 2.45) is 0 Å². The van der Waals surface area contributed by atoms with Crippen LogP contribution in [0, 0.1) is 0 Å². The number of aromatic nitrogens is 2. The number of ketones is 1. The van der Waals surface area contributed by atoms with Gasteiger partial charge in [0.1, 0.15) is 0 Å². The third kappa shape index (κ3) is 2.52. The molecule has 0 saturated heterocycles. The molecule has 3 nitrogen and oxygen atoms in total. The average molecular weight is 220 g/mol. The monoisotopic (exact) mass is 220 g/mol. The molecular weight excluding hydrogens is 200 g/mol. The predicted octanol–water partition coefficient (Wildman–Crippen LogP) is 3.37. The van der Waals surface area contributed by atoms with E-state index in [-0.39, 0.29) is 5.78 Å². The highest BCUT2D eigenvalue weighted by Gasteiger charge is 2.16. The quantitative estimate of drug-likeness (QED) is 0.578. The van der Waals surface area contributed by atoms with Crippen LogP contribution in [-0.2, 0) is 0 Å². The lowest BCUT2D eigenvalue weighted by Crippen LogP contribution is -2.08. The van der Waals surface area contributed by atoms with Crippen molar-refractivity contribution in [2.45, 2.75) is 57.9 Å². The Bertz CT molecular complexity index is 349. The van der Waals surface area contributed by atoms with E-state index < -0.39 is 0 Å². The fourth-order valence-electron chi connectivity index (χ4n) is 2.41. The van der Waals surface area contributed by atoms with E-state index in [0.29, 0.717) is 12.5 Å². The predicted molar refractivity (Wildman–Crippen MR) is 63.6 cm³/mol. The summed E-state index contributed by atoms with van der Waals surface area (Å²) in [5.74, 6) is 0.194. The molecule has 1 heterocycles. The van der Waals surface area contributed by atoms with Crippen LogP contribution >= 0.6 is 0 Å². The molecule has 1 aromatic heterocycles. The molecule has 0 aliphatic heterocycles. The Balaban J connectivity index is 2.08. The number of hydrogen-bond donors (Lipinski definition) is 0. The van der Waals surface area contributed by atoms with Crippen LogP contribution in [0.25, 0.3) is 0 Å². The maximum Gasteiger partial charge on any atom is 0.165 e. The average Bonchev–Trinajstić information content (AvgIpc) is 2.64. The SMILES string of the molecule is CCC(=O)c1cnn(C2CCCCCC2)c1. The van der Waals surface area contributed by atoms with Crippen LogP contribution in [0.15, 0.2) is 12.4 Å². The molecule has 0 spiro atoms. The smallest absolute Gasteiger partial charge is 0.165 e. The van der Waals surface area contributed by atoms with Gasteiger partial charge in [0.05, 0.1) is 17.8 Å². The van der Waals surface area contributed by atoms with E-state index in [1.807, 2.05) is 17.8 Å². The number of carbonyl (C=O) groups is 1. The summed E-state index contributed by atoms with van der Waals surface area (Å²) in [5, 5.41) is 4.35. The summed E-state index contributed by atoms with van der Waals surface area (Å²) in [4.78, 5) is 11.5. The summed E-state index contributed by atoms with van der Waals surface area (Å²) in [7, 11) is 0. The summed E-state index contributed by atoms with van der Waals surface area (Å²) in [6, 6.07) is 0.515. The largest absolute Gasteiger partial charge is 0.294 e. The van der Waals surface area contributed by atoms with Crippen molar-refractivity contribution in [3.05, 3.63) is 18.0 Å². The molecule has 3 heteroatoms. The van der Waals surface area contributed by atoms with Crippen molar-refractivity contribution in [3.8, 4) is 0 Å². The standard InChI is InChI=1S/C13H20N2O/c1-2-13(16)11-9-14-15(10-11)12-7-5-3-4-6-8-12/h9-10,12H,2-8H2,1H3. The highest BCUT2D eigenvalue weighted by molar-refractivity contribution is 5.95. The van der Waals surface area contributed by atoms with Gasteiger partial charge in [0.15, 0.2) is 5.78 Å². The van der Waals surface area contributed by atoms with Gasteiger partial charge in [0.2, 0.25) is 0 Å². The minimum absolute atomic E-state index is 0.194. The van der Waals surface area contributed by atoms with Gasteiger partial charge in [-0.1, -0.05) is 32.6 Å². The van der Waals surface area contributed by atoms with Gasteiger partial charge in [-0.05, 0) is 12.8 Å². The van der Waals surface area contributed by atoms with Crippen molar-refractivity contribution >= 4 is 5.78 Å². The second kappa shape index (κ2) is 5.28. The lowest BCUT2D eigenvalue weighted by Gasteiger charge is -2.14. The number of hydrogen-bond acceptors (Lipinski definition) is 2. The molecule has 1 aliphatic rings. The van der Waals surface area contributed by atoms with Crippen molar-refractivity contribution < 1.29 is 4.79 Å². The molecule has 0 atom stereocenters. The molecule has 1 aromatic rings. The molecule has 1 fully saturated rings. The molecule has 0 aromatic carbocycles. The first-order valence-corrected chi connectivity index (χ1v) is 6.38. The first-order valence-electron chi connectivity index (χ1n) is 6.38. The molecule has 16 heavy (non-hydrogen) atoms. The molecule has 1 aliphatic carbocycles. The fraction of sp³-hybridized carbons (Fsp3) is 0.692. The van der Waals surface area contributed by atoms with Crippen LogP contribution in [0.4, 0.5) is 0 Å². The van der Waals surface area contributed by atoms with Gasteiger partial charge in [-0.15, -0.1) is 0 Å². The molecule has 2 rings (SSSR count). The van der Waals surface area contributed by atoms with Crippen molar-refractivity contribution in [1.82, 2.24) is 9.78 Å². The third-order valence-corrected chi connectivity index (χ3v) is 3.44. The van der Waals surface area contributed by atoms with Gasteiger partial charge in [-0.2, -0.15) is 5.10 Å². The summed E-state index contributed by atoms with van der Waals surface area (Å²) >= 11 is 0. The van der Waals surface area contributed by atoms with Crippen LogP contribution in [0.5, 0.6) is 0 Å². The van der Waals surface area contributed by atoms with Gasteiger partial charge in [0, 0.05) is 12.6 Å². The molecule has 0 N–H and O–H groups in total. The fourth-order valence-corrected chi connectivity index (χ4v) is 2.41. The van der Waals surface area contributed by atoms with E-state index in [2.05, 4.69) is 5.10 Å². The zero-order valence-electron chi connectivity index (χ0n) is 9.98. The van der Waals surface area contributed by atoms with Gasteiger partial charge in [-0.25, -0.2) is 0 Å². The van der Waals surface area contributed by atoms with E-state index in [4.69, 9.17) is 0 Å². The molecular formula is C13H20N2O. The van der Waals surface area contributed by atoms with Gasteiger partial charge in [-0.3, -0.25) is 9.48 Å². The Morgan fingerprint density at radius 1 is 1.38 bits per heavy atom. The summed E-state index contributed by atoms with van der Waals surface area (Å²) in [6.45, 7) is 1.89. The number of rotatable bonds is 3. The molecule has 0 radical (unpaired) electrons. The lowest BCUT2D eigenvalue weighted by atomic mass is 10.1. The first kappa shape index (κ1) is 11.4. The zero-order valence-corrected chi connectivity index (χ0v) is 9.98. The molecule has 0 unspecified atom stereocenters. The normalized spacial score (nSPS) is 18.3. The summed E-state index contributed by atoms with van der Waals surface area (Å²) in [5.41, 5.74) is 0.770. The molecule has 0 amide bonds. The molecule has 88 valence electrons. The maximum absolute atomic E-state index is 11.5. The Morgan fingerprint density at radius 2 is 2.06 bits per heavy atom. The Labute approximate surface area is 96.8 Å². The van der Waals surface area contributed by atoms with E-state index >= 15 is 0 Å². The van der Waals surface area contributed by atoms with Gasteiger partial charge < -0.3 is 0 Å². The van der Waals surface area contributed by atoms with Gasteiger partial charge >= 0.3 is 0 Å². The molecule has 0 bridgehead atoms. The highest BCUT2D eigenvalue weighted by Crippen LogP contribution is 2.26. The van der Waals surface area contributed by atoms with Crippen LogP contribution < -0.4 is 0 Å². The molecule has 1 saturated carbocycles. The Kier molecular flexibility index (Phi) is 3.75. The van der Waals surface area contributed by atoms with E-state index in [9.17, 15) is 4.79 Å². The topological polar surface area (TPSA) is 34.9 Å². The minimum Gasteiger partial charge on any atom is -0.294 e. The number of carbonyl (C=O) groups excluding carboxylic acids is 1. The Morgan fingerprint density at radius 3 is 2.69 bits per heavy atom. The van der Waals surface area contributed by atoms with Crippen LogP contribution in [0.3, 0.4) is 0 Å². The number of nitrogens with zero attached hydrogens (tertiary/aromatic N) is 2. The zero-order chi connectivity index (χ0) is 11.4. The van der Waals surface area contributed by atoms with E-state index in [0.717, 1.165) is 5.56 Å². The second-order valence-electron chi connectivity index (χ2n) is 4.63.